The van der Waals surface area contributed by atoms with E-state index in [2.05, 4.69) is 90.0 Å². The molecule has 0 N–H and O–H groups in total. The van der Waals surface area contributed by atoms with E-state index in [1.165, 1.54) is 44.9 Å². The molecule has 5 aliphatic carbocycles. The monoisotopic (exact) mass is 695 g/mol. The molecule has 286 valence electrons. The van der Waals surface area contributed by atoms with Gasteiger partial charge in [-0.25, -0.2) is 0 Å². The topological polar surface area (TPSA) is 0 Å². The van der Waals surface area contributed by atoms with E-state index in [0.29, 0.717) is 10.8 Å². The summed E-state index contributed by atoms with van der Waals surface area (Å²) in [6.45, 7) is 34.2. The first kappa shape index (κ1) is 40.4. The van der Waals surface area contributed by atoms with Crippen molar-refractivity contribution in [1.82, 2.24) is 0 Å². The zero-order chi connectivity index (χ0) is 35.9. The molecule has 5 rings (SSSR count). The second kappa shape index (κ2) is 16.3. The Bertz CT molecular complexity index is 965. The molecule has 5 saturated carbocycles. The highest BCUT2D eigenvalue weighted by atomic mass is 28.3. The highest BCUT2D eigenvalue weighted by Gasteiger charge is 2.64. The summed E-state index contributed by atoms with van der Waals surface area (Å²) < 4.78 is 0. The summed E-state index contributed by atoms with van der Waals surface area (Å²) in [4.78, 5) is 0. The van der Waals surface area contributed by atoms with Gasteiger partial charge in [0.05, 0.1) is 8.07 Å². The third-order valence-corrected chi connectivity index (χ3v) is 25.5. The first-order chi connectivity index (χ1) is 23.1. The average Bonchev–Trinajstić information content (AvgIpc) is 3.69. The fourth-order valence-corrected chi connectivity index (χ4v) is 24.5. The van der Waals surface area contributed by atoms with Gasteiger partial charge in [-0.1, -0.05) is 166 Å². The fraction of sp³-hybridized carbons (Fsp3) is 1.00. The van der Waals surface area contributed by atoms with Gasteiger partial charge < -0.3 is 0 Å². The average molecular weight is 695 g/mol. The van der Waals surface area contributed by atoms with E-state index in [-0.39, 0.29) is 0 Å². The van der Waals surface area contributed by atoms with Crippen molar-refractivity contribution >= 4 is 8.07 Å². The minimum atomic E-state index is -1.62. The van der Waals surface area contributed by atoms with Gasteiger partial charge in [-0.2, -0.15) is 0 Å². The zero-order valence-corrected chi connectivity index (χ0v) is 36.9. The first-order valence-corrected chi connectivity index (χ1v) is 25.6. The predicted octanol–water partition coefficient (Wildman–Crippen LogP) is 15.7. The molecule has 0 aliphatic heterocycles. The van der Waals surface area contributed by atoms with E-state index in [1.54, 1.807) is 69.9 Å². The minimum absolute atomic E-state index is 0.442. The Morgan fingerprint density at radius 1 is 0.490 bits per heavy atom. The molecule has 13 unspecified atom stereocenters. The fourth-order valence-electron chi connectivity index (χ4n) is 15.4. The van der Waals surface area contributed by atoms with Gasteiger partial charge in [-0.05, 0) is 137 Å². The largest absolute Gasteiger partial charge is 0.0654 e. The van der Waals surface area contributed by atoms with Gasteiger partial charge in [-0.15, -0.1) is 0 Å². The molecule has 13 atom stereocenters. The number of hydrogen-bond acceptors (Lipinski definition) is 0. The van der Waals surface area contributed by atoms with Crippen molar-refractivity contribution in [3.05, 3.63) is 0 Å². The van der Waals surface area contributed by atoms with Gasteiger partial charge in [0, 0.05) is 0 Å². The van der Waals surface area contributed by atoms with Crippen molar-refractivity contribution in [2.75, 3.05) is 0 Å². The molecule has 0 bridgehead atoms. The van der Waals surface area contributed by atoms with Gasteiger partial charge in [-0.3, -0.25) is 0 Å². The lowest BCUT2D eigenvalue weighted by molar-refractivity contribution is -0.0360. The van der Waals surface area contributed by atoms with Crippen LogP contribution in [0, 0.1) is 87.8 Å². The SMILES string of the molecule is CCCCCC[Si](CCCCCC)(C1C(C)C(C)C(C)C1C)C1C(C)CC2C1CC1CCCC1C2C1CC(C(C)(C)C)CC(C(C)(C)C)C1. The summed E-state index contributed by atoms with van der Waals surface area (Å²) in [5.74, 6) is 12.7. The number of fused-ring (bicyclic) bond motifs is 2. The Morgan fingerprint density at radius 2 is 1.02 bits per heavy atom. The van der Waals surface area contributed by atoms with E-state index in [9.17, 15) is 0 Å². The second-order valence-corrected chi connectivity index (χ2v) is 27.4. The maximum Gasteiger partial charge on any atom is 0.0609 e. The number of hydrogen-bond donors (Lipinski definition) is 0. The smallest absolute Gasteiger partial charge is 0.0609 e. The van der Waals surface area contributed by atoms with Crippen LogP contribution in [0.2, 0.25) is 23.2 Å². The highest BCUT2D eigenvalue weighted by Crippen LogP contribution is 2.70. The summed E-state index contributed by atoms with van der Waals surface area (Å²) in [6.07, 6.45) is 24.4. The molecular formula is C48H90Si. The van der Waals surface area contributed by atoms with E-state index >= 15 is 0 Å². The molecule has 0 spiro atoms. The van der Waals surface area contributed by atoms with Crippen LogP contribution < -0.4 is 0 Å². The van der Waals surface area contributed by atoms with Crippen LogP contribution in [0.3, 0.4) is 0 Å². The van der Waals surface area contributed by atoms with Gasteiger partial charge in [0.25, 0.3) is 0 Å². The molecule has 0 amide bonds. The zero-order valence-electron chi connectivity index (χ0n) is 35.9. The third kappa shape index (κ3) is 8.18. The molecule has 1 heteroatoms. The van der Waals surface area contributed by atoms with Crippen LogP contribution in [0.25, 0.3) is 0 Å². The predicted molar refractivity (Wildman–Crippen MR) is 221 cm³/mol. The van der Waals surface area contributed by atoms with Crippen molar-refractivity contribution in [2.45, 2.75) is 216 Å². The minimum Gasteiger partial charge on any atom is -0.0654 e. The Balaban J connectivity index is 1.57. The van der Waals surface area contributed by atoms with E-state index in [4.69, 9.17) is 0 Å². The van der Waals surface area contributed by atoms with E-state index in [0.717, 1.165) is 88.0 Å². The molecule has 0 aromatic heterocycles. The van der Waals surface area contributed by atoms with Crippen LogP contribution in [-0.2, 0) is 0 Å². The van der Waals surface area contributed by atoms with Crippen LogP contribution >= 0.6 is 0 Å². The first-order valence-electron chi connectivity index (χ1n) is 23.1. The normalized spacial score (nSPS) is 43.2. The van der Waals surface area contributed by atoms with Gasteiger partial charge >= 0.3 is 0 Å². The van der Waals surface area contributed by atoms with E-state index in [1.807, 2.05) is 0 Å². The molecule has 5 aliphatic rings. The highest BCUT2D eigenvalue weighted by molar-refractivity contribution is 6.83. The molecule has 0 nitrogen and oxygen atoms in total. The van der Waals surface area contributed by atoms with Crippen molar-refractivity contribution in [2.24, 2.45) is 87.8 Å². The van der Waals surface area contributed by atoms with Crippen molar-refractivity contribution in [3.63, 3.8) is 0 Å². The summed E-state index contributed by atoms with van der Waals surface area (Å²) in [5.41, 5.74) is 3.06. The maximum atomic E-state index is 2.86. The number of rotatable bonds is 13. The Morgan fingerprint density at radius 3 is 1.51 bits per heavy atom. The van der Waals surface area contributed by atoms with Crippen LogP contribution in [0.5, 0.6) is 0 Å². The van der Waals surface area contributed by atoms with Gasteiger partial charge in [0.2, 0.25) is 0 Å². The quantitative estimate of drug-likeness (QED) is 0.133. The Labute approximate surface area is 310 Å². The van der Waals surface area contributed by atoms with Crippen molar-refractivity contribution in [1.29, 1.82) is 0 Å². The van der Waals surface area contributed by atoms with Gasteiger partial charge in [0.15, 0.2) is 0 Å². The van der Waals surface area contributed by atoms with Crippen molar-refractivity contribution < 1.29 is 0 Å². The molecule has 0 radical (unpaired) electrons. The lowest BCUT2D eigenvalue weighted by Crippen LogP contribution is -2.53. The second-order valence-electron chi connectivity index (χ2n) is 22.6. The Kier molecular flexibility index (Phi) is 13.4. The summed E-state index contributed by atoms with van der Waals surface area (Å²) in [7, 11) is -1.62. The molecule has 0 saturated heterocycles. The van der Waals surface area contributed by atoms with Crippen LogP contribution in [-0.4, -0.2) is 8.07 Å². The standard InChI is InChI=1S/C48H90Si/c1-14-16-18-20-25-49(26-21-19-17-15-2,46-35(6)33(4)34(5)36(46)7)45-32(3)27-42-43(45)30-37-23-22-24-41(37)44(42)38-28-39(47(8,9)10)31-40(29-38)48(11,12)13/h32-46H,14-31H2,1-13H3. The molecule has 0 aromatic carbocycles. The summed E-state index contributed by atoms with van der Waals surface area (Å²) >= 11 is 0. The van der Waals surface area contributed by atoms with Crippen molar-refractivity contribution in [3.8, 4) is 0 Å². The van der Waals surface area contributed by atoms with Crippen LogP contribution in [0.4, 0.5) is 0 Å². The number of unbranched alkanes of at least 4 members (excludes halogenated alkanes) is 6. The molecule has 0 aromatic rings. The summed E-state index contributed by atoms with van der Waals surface area (Å²) in [6, 6.07) is 3.38. The molecule has 5 fully saturated rings. The molecule has 49 heavy (non-hydrogen) atoms. The lowest BCUT2D eigenvalue weighted by Gasteiger charge is -2.56. The Hall–Kier alpha value is 0.217. The van der Waals surface area contributed by atoms with E-state index < -0.39 is 8.07 Å². The summed E-state index contributed by atoms with van der Waals surface area (Å²) in [5, 5.41) is 0. The maximum absolute atomic E-state index is 2.86. The molecular weight excluding hydrogens is 605 g/mol. The van der Waals surface area contributed by atoms with Gasteiger partial charge in [0.1, 0.15) is 0 Å². The van der Waals surface area contributed by atoms with Crippen LogP contribution in [0.1, 0.15) is 193 Å². The molecule has 0 heterocycles. The van der Waals surface area contributed by atoms with Crippen LogP contribution in [0.15, 0.2) is 0 Å². The lowest BCUT2D eigenvalue weighted by atomic mass is 9.52. The third-order valence-electron chi connectivity index (χ3n) is 18.2.